The molecule has 8 nitrogen and oxygen atoms in total. The maximum Gasteiger partial charge on any atom is 0.287 e. The molecule has 1 aliphatic rings. The number of sulfonamides is 1. The molecule has 0 atom stereocenters. The van der Waals surface area contributed by atoms with E-state index in [1.54, 1.807) is 41.4 Å². The van der Waals surface area contributed by atoms with Crippen LogP contribution in [0.15, 0.2) is 88.4 Å². The molecule has 4 rings (SSSR count). The van der Waals surface area contributed by atoms with Gasteiger partial charge < -0.3 is 0 Å². The van der Waals surface area contributed by atoms with Crippen LogP contribution in [0.1, 0.15) is 10.4 Å². The predicted molar refractivity (Wildman–Crippen MR) is 104 cm³/mol. The maximum absolute atomic E-state index is 12.6. The van der Waals surface area contributed by atoms with E-state index in [9.17, 15) is 13.2 Å². The molecular weight excluding hydrogens is 378 g/mol. The first-order chi connectivity index (χ1) is 13.6. The van der Waals surface area contributed by atoms with E-state index >= 15 is 0 Å². The zero-order valence-electron chi connectivity index (χ0n) is 14.5. The Kier molecular flexibility index (Phi) is 4.50. The summed E-state index contributed by atoms with van der Waals surface area (Å²) in [5, 5.41) is 0. The lowest BCUT2D eigenvalue weighted by molar-refractivity contribution is 0.0943. The summed E-state index contributed by atoms with van der Waals surface area (Å²) >= 11 is 0. The Hall–Kier alpha value is -3.72. The third-order valence-electron chi connectivity index (χ3n) is 4.03. The number of hydrogen-bond acceptors (Lipinski definition) is 6. The molecule has 0 bridgehead atoms. The van der Waals surface area contributed by atoms with Gasteiger partial charge in [-0.25, -0.2) is 0 Å². The number of pyridine rings is 1. The van der Waals surface area contributed by atoms with Gasteiger partial charge in [-0.05, 0) is 36.4 Å². The van der Waals surface area contributed by atoms with Gasteiger partial charge in [0.25, 0.3) is 15.9 Å². The van der Waals surface area contributed by atoms with E-state index < -0.39 is 15.9 Å². The van der Waals surface area contributed by atoms with Crippen molar-refractivity contribution in [2.45, 2.75) is 4.90 Å². The molecule has 1 aromatic heterocycles. The van der Waals surface area contributed by atoms with E-state index in [1.165, 1.54) is 12.3 Å². The van der Waals surface area contributed by atoms with Crippen molar-refractivity contribution in [3.8, 4) is 0 Å². The van der Waals surface area contributed by atoms with Crippen molar-refractivity contribution in [3.63, 3.8) is 0 Å². The summed E-state index contributed by atoms with van der Waals surface area (Å²) in [4.78, 5) is 17.9. The van der Waals surface area contributed by atoms with Gasteiger partial charge in [0.1, 0.15) is 4.90 Å². The topological polar surface area (TPSA) is 104 Å². The first-order valence-corrected chi connectivity index (χ1v) is 9.76. The Bertz CT molecular complexity index is 1150. The number of hydrogen-bond donors (Lipinski definition) is 2. The summed E-state index contributed by atoms with van der Waals surface area (Å²) in [5.41, 5.74) is 6.54. The van der Waals surface area contributed by atoms with Crippen LogP contribution in [0.3, 0.4) is 0 Å². The standard InChI is InChI=1S/C19H15N5O3S/c25-18(14-7-6-12-20-13-14)21-22-19-23-28(26,27)17-11-5-4-10-16(17)24(19)15-8-2-1-3-9-15/h1-13H,(H,21,25)(H,22,23). The summed E-state index contributed by atoms with van der Waals surface area (Å²) in [5.74, 6) is -0.512. The first-order valence-electron chi connectivity index (χ1n) is 8.32. The van der Waals surface area contributed by atoms with Crippen LogP contribution in [0.4, 0.5) is 11.4 Å². The molecule has 2 N–H and O–H groups in total. The largest absolute Gasteiger partial charge is 0.287 e. The van der Waals surface area contributed by atoms with Crippen molar-refractivity contribution < 1.29 is 13.2 Å². The molecule has 1 amide bonds. The van der Waals surface area contributed by atoms with Gasteiger partial charge in [-0.3, -0.25) is 25.5 Å². The SMILES string of the molecule is O=C(NNC1=NS(=O)(=O)c2ccccc2N1c1ccccc1)c1cccnc1. The van der Waals surface area contributed by atoms with Crippen LogP contribution in [-0.2, 0) is 10.0 Å². The molecule has 0 unspecified atom stereocenters. The monoisotopic (exact) mass is 393 g/mol. The van der Waals surface area contributed by atoms with Crippen molar-refractivity contribution in [2.24, 2.45) is 4.40 Å². The molecule has 9 heteroatoms. The third kappa shape index (κ3) is 3.30. The van der Waals surface area contributed by atoms with Crippen LogP contribution in [0, 0.1) is 0 Å². The fourth-order valence-corrected chi connectivity index (χ4v) is 3.90. The zero-order chi connectivity index (χ0) is 19.6. The Morgan fingerprint density at radius 3 is 2.43 bits per heavy atom. The number of rotatable bonds is 2. The number of aromatic nitrogens is 1. The highest BCUT2D eigenvalue weighted by atomic mass is 32.2. The van der Waals surface area contributed by atoms with E-state index in [4.69, 9.17) is 0 Å². The Morgan fingerprint density at radius 1 is 0.929 bits per heavy atom. The summed E-state index contributed by atoms with van der Waals surface area (Å²) in [7, 11) is -3.92. The minimum Gasteiger partial charge on any atom is -0.278 e. The number of carbonyl (C=O) groups is 1. The number of anilines is 2. The van der Waals surface area contributed by atoms with Crippen molar-refractivity contribution in [3.05, 3.63) is 84.7 Å². The molecule has 0 saturated carbocycles. The quantitative estimate of drug-likeness (QED) is 0.647. The second kappa shape index (κ2) is 7.12. The number of nitrogens with one attached hydrogen (secondary N) is 2. The van der Waals surface area contributed by atoms with Crippen molar-refractivity contribution >= 4 is 33.3 Å². The number of guanidine groups is 1. The number of para-hydroxylation sites is 2. The molecule has 1 aliphatic heterocycles. The molecule has 2 aromatic carbocycles. The van der Waals surface area contributed by atoms with E-state index in [0.29, 0.717) is 16.9 Å². The van der Waals surface area contributed by atoms with Gasteiger partial charge in [0.2, 0.25) is 5.96 Å². The molecule has 0 saturated heterocycles. The van der Waals surface area contributed by atoms with Gasteiger partial charge in [-0.2, -0.15) is 8.42 Å². The van der Waals surface area contributed by atoms with Gasteiger partial charge >= 0.3 is 0 Å². The Balaban J connectivity index is 1.72. The van der Waals surface area contributed by atoms with Gasteiger partial charge in [0.05, 0.1) is 11.3 Å². The minimum atomic E-state index is -3.92. The lowest BCUT2D eigenvalue weighted by Crippen LogP contribution is -2.50. The molecular formula is C19H15N5O3S. The van der Waals surface area contributed by atoms with Gasteiger partial charge in [-0.15, -0.1) is 4.40 Å². The highest BCUT2D eigenvalue weighted by Crippen LogP contribution is 2.35. The van der Waals surface area contributed by atoms with Crippen LogP contribution in [0.5, 0.6) is 0 Å². The van der Waals surface area contributed by atoms with E-state index in [0.717, 1.165) is 0 Å². The fourth-order valence-electron chi connectivity index (χ4n) is 2.78. The zero-order valence-corrected chi connectivity index (χ0v) is 15.3. The number of carbonyl (C=O) groups excluding carboxylic acids is 1. The second-order valence-electron chi connectivity index (χ2n) is 5.85. The highest BCUT2D eigenvalue weighted by molar-refractivity contribution is 7.90. The average molecular weight is 393 g/mol. The van der Waals surface area contributed by atoms with Crippen molar-refractivity contribution in [2.75, 3.05) is 4.90 Å². The van der Waals surface area contributed by atoms with E-state index in [-0.39, 0.29) is 10.9 Å². The number of nitrogens with zero attached hydrogens (tertiary/aromatic N) is 3. The lowest BCUT2D eigenvalue weighted by atomic mass is 10.2. The van der Waals surface area contributed by atoms with Gasteiger partial charge in [-0.1, -0.05) is 30.3 Å². The van der Waals surface area contributed by atoms with Gasteiger partial charge in [0.15, 0.2) is 0 Å². The molecule has 3 aromatic rings. The summed E-state index contributed by atoms with van der Waals surface area (Å²) in [6, 6.07) is 18.9. The van der Waals surface area contributed by atoms with Crippen molar-refractivity contribution in [1.29, 1.82) is 0 Å². The molecule has 28 heavy (non-hydrogen) atoms. The average Bonchev–Trinajstić information content (AvgIpc) is 2.73. The molecule has 0 radical (unpaired) electrons. The Labute approximate surface area is 161 Å². The third-order valence-corrected chi connectivity index (χ3v) is 5.34. The molecule has 140 valence electrons. The van der Waals surface area contributed by atoms with Crippen LogP contribution < -0.4 is 15.8 Å². The number of hydrazine groups is 1. The highest BCUT2D eigenvalue weighted by Gasteiger charge is 2.31. The lowest BCUT2D eigenvalue weighted by Gasteiger charge is -2.31. The fraction of sp³-hybridized carbons (Fsp3) is 0. The van der Waals surface area contributed by atoms with Crippen LogP contribution >= 0.6 is 0 Å². The number of amides is 1. The normalized spacial score (nSPS) is 14.6. The molecule has 0 aliphatic carbocycles. The smallest absolute Gasteiger partial charge is 0.278 e. The minimum absolute atomic E-state index is 0.0397. The molecule has 0 spiro atoms. The van der Waals surface area contributed by atoms with Crippen LogP contribution in [-0.4, -0.2) is 25.3 Å². The molecule has 2 heterocycles. The molecule has 0 fully saturated rings. The first kappa shape index (κ1) is 17.7. The number of fused-ring (bicyclic) bond motifs is 1. The summed E-state index contributed by atoms with van der Waals surface area (Å²) < 4.78 is 29.0. The van der Waals surface area contributed by atoms with Crippen LogP contribution in [0.25, 0.3) is 0 Å². The van der Waals surface area contributed by atoms with Crippen molar-refractivity contribution in [1.82, 2.24) is 15.8 Å². The van der Waals surface area contributed by atoms with E-state index in [1.807, 2.05) is 30.3 Å². The maximum atomic E-state index is 12.6. The van der Waals surface area contributed by atoms with E-state index in [2.05, 4.69) is 20.2 Å². The summed E-state index contributed by atoms with van der Waals surface area (Å²) in [6.45, 7) is 0. The Morgan fingerprint density at radius 2 is 1.68 bits per heavy atom. The predicted octanol–water partition coefficient (Wildman–Crippen LogP) is 2.21. The van der Waals surface area contributed by atoms with Crippen LogP contribution in [0.2, 0.25) is 0 Å². The summed E-state index contributed by atoms with van der Waals surface area (Å²) in [6.07, 6.45) is 2.96. The van der Waals surface area contributed by atoms with Gasteiger partial charge in [0, 0.05) is 18.1 Å². The number of benzene rings is 2. The second-order valence-corrected chi connectivity index (χ2v) is 7.42.